The second-order valence-electron chi connectivity index (χ2n) is 5.67. The molecule has 0 bridgehead atoms. The Labute approximate surface area is 140 Å². The third-order valence-electron chi connectivity index (χ3n) is 3.37. The quantitative estimate of drug-likeness (QED) is 0.786. The first kappa shape index (κ1) is 17.2. The molecule has 1 saturated heterocycles. The maximum atomic E-state index is 12.3. The van der Waals surface area contributed by atoms with Gasteiger partial charge in [0.25, 0.3) is 0 Å². The standard InChI is InChI=1S/C16H20ClNO3S/c1-10(2)8-21-16(20)14-9-22-15(18(14)11(3)19)12-6-4-5-7-13(12)17/h4-7,10,14-15H,8-9H2,1-3H3. The molecule has 0 saturated carbocycles. The minimum Gasteiger partial charge on any atom is -0.464 e. The van der Waals surface area contributed by atoms with Crippen LogP contribution in [0.25, 0.3) is 0 Å². The Hall–Kier alpha value is -1.20. The van der Waals surface area contributed by atoms with Crippen LogP contribution in [0.3, 0.4) is 0 Å². The van der Waals surface area contributed by atoms with Gasteiger partial charge in [-0.15, -0.1) is 11.8 Å². The maximum Gasteiger partial charge on any atom is 0.329 e. The summed E-state index contributed by atoms with van der Waals surface area (Å²) in [5.74, 6) is 0.294. The number of nitrogens with zero attached hydrogens (tertiary/aromatic N) is 1. The molecule has 1 heterocycles. The Morgan fingerprint density at radius 2 is 2.09 bits per heavy atom. The fourth-order valence-electron chi connectivity index (χ4n) is 2.33. The van der Waals surface area contributed by atoms with Gasteiger partial charge in [0.15, 0.2) is 0 Å². The third kappa shape index (κ3) is 3.76. The van der Waals surface area contributed by atoms with Crippen LogP contribution in [0.1, 0.15) is 31.7 Å². The van der Waals surface area contributed by atoms with Crippen molar-refractivity contribution in [3.05, 3.63) is 34.9 Å². The summed E-state index contributed by atoms with van der Waals surface area (Å²) >= 11 is 7.77. The van der Waals surface area contributed by atoms with E-state index in [1.165, 1.54) is 18.7 Å². The van der Waals surface area contributed by atoms with E-state index in [9.17, 15) is 9.59 Å². The predicted octanol–water partition coefficient (Wildman–Crippen LogP) is 3.50. The van der Waals surface area contributed by atoms with Gasteiger partial charge in [0, 0.05) is 23.3 Å². The second-order valence-corrected chi connectivity index (χ2v) is 7.19. The van der Waals surface area contributed by atoms with Gasteiger partial charge in [-0.3, -0.25) is 4.79 Å². The summed E-state index contributed by atoms with van der Waals surface area (Å²) in [7, 11) is 0. The number of amides is 1. The molecule has 1 fully saturated rings. The van der Waals surface area contributed by atoms with Gasteiger partial charge in [-0.2, -0.15) is 0 Å². The monoisotopic (exact) mass is 341 g/mol. The lowest BCUT2D eigenvalue weighted by molar-refractivity contribution is -0.154. The first-order valence-corrected chi connectivity index (χ1v) is 8.66. The molecule has 0 aromatic heterocycles. The number of hydrogen-bond donors (Lipinski definition) is 0. The molecule has 22 heavy (non-hydrogen) atoms. The van der Waals surface area contributed by atoms with Crippen molar-refractivity contribution in [2.24, 2.45) is 5.92 Å². The number of esters is 1. The van der Waals surface area contributed by atoms with E-state index in [-0.39, 0.29) is 23.2 Å². The fourth-order valence-corrected chi connectivity index (χ4v) is 4.14. The highest BCUT2D eigenvalue weighted by Gasteiger charge is 2.42. The largest absolute Gasteiger partial charge is 0.464 e. The number of halogens is 1. The van der Waals surface area contributed by atoms with E-state index in [0.717, 1.165) is 5.56 Å². The molecule has 4 nitrogen and oxygen atoms in total. The molecule has 1 amide bonds. The van der Waals surface area contributed by atoms with Crippen molar-refractivity contribution in [2.75, 3.05) is 12.4 Å². The lowest BCUT2D eigenvalue weighted by Gasteiger charge is -2.28. The average molecular weight is 342 g/mol. The van der Waals surface area contributed by atoms with Gasteiger partial charge in [-0.25, -0.2) is 4.79 Å². The summed E-state index contributed by atoms with van der Waals surface area (Å²) in [6, 6.07) is 6.85. The van der Waals surface area contributed by atoms with E-state index < -0.39 is 6.04 Å². The molecule has 2 rings (SSSR count). The molecule has 1 aliphatic rings. The fraction of sp³-hybridized carbons (Fsp3) is 0.500. The van der Waals surface area contributed by atoms with Gasteiger partial charge in [-0.05, 0) is 12.0 Å². The Bertz CT molecular complexity index is 564. The van der Waals surface area contributed by atoms with Gasteiger partial charge in [-0.1, -0.05) is 43.6 Å². The van der Waals surface area contributed by atoms with E-state index in [1.807, 2.05) is 32.0 Å². The van der Waals surface area contributed by atoms with E-state index in [1.54, 1.807) is 11.0 Å². The highest BCUT2D eigenvalue weighted by molar-refractivity contribution is 7.99. The number of carbonyl (C=O) groups is 2. The molecule has 6 heteroatoms. The first-order valence-electron chi connectivity index (χ1n) is 7.23. The maximum absolute atomic E-state index is 12.3. The van der Waals surface area contributed by atoms with Crippen LogP contribution in [-0.4, -0.2) is 35.2 Å². The minimum atomic E-state index is -0.553. The Balaban J connectivity index is 2.20. The summed E-state index contributed by atoms with van der Waals surface area (Å²) in [5, 5.41) is 0.352. The Morgan fingerprint density at radius 3 is 2.68 bits per heavy atom. The lowest BCUT2D eigenvalue weighted by atomic mass is 10.1. The van der Waals surface area contributed by atoms with Crippen molar-refractivity contribution in [3.8, 4) is 0 Å². The summed E-state index contributed by atoms with van der Waals surface area (Å²) < 4.78 is 5.30. The van der Waals surface area contributed by atoms with Gasteiger partial charge in [0.1, 0.15) is 11.4 Å². The number of ether oxygens (including phenoxy) is 1. The summed E-state index contributed by atoms with van der Waals surface area (Å²) in [5.41, 5.74) is 0.850. The predicted molar refractivity (Wildman–Crippen MR) is 88.8 cm³/mol. The van der Waals surface area contributed by atoms with Crippen molar-refractivity contribution < 1.29 is 14.3 Å². The third-order valence-corrected chi connectivity index (χ3v) is 5.02. The normalized spacial score (nSPS) is 21.2. The van der Waals surface area contributed by atoms with Crippen LogP contribution < -0.4 is 0 Å². The van der Waals surface area contributed by atoms with Crippen molar-refractivity contribution >= 4 is 35.2 Å². The number of carbonyl (C=O) groups excluding carboxylic acids is 2. The number of hydrogen-bond acceptors (Lipinski definition) is 4. The zero-order chi connectivity index (χ0) is 16.3. The molecule has 2 unspecified atom stereocenters. The second kappa shape index (κ2) is 7.38. The van der Waals surface area contributed by atoms with E-state index in [4.69, 9.17) is 16.3 Å². The molecule has 1 aromatic carbocycles. The molecule has 0 aliphatic carbocycles. The highest BCUT2D eigenvalue weighted by Crippen LogP contribution is 2.43. The molecule has 0 radical (unpaired) electrons. The van der Waals surface area contributed by atoms with Crippen molar-refractivity contribution in [3.63, 3.8) is 0 Å². The van der Waals surface area contributed by atoms with Gasteiger partial charge >= 0.3 is 5.97 Å². The van der Waals surface area contributed by atoms with Crippen LogP contribution >= 0.6 is 23.4 Å². The summed E-state index contributed by atoms with van der Waals surface area (Å²) in [6.45, 7) is 5.79. The van der Waals surface area contributed by atoms with Crippen LogP contribution in [0.15, 0.2) is 24.3 Å². The van der Waals surface area contributed by atoms with Crippen LogP contribution in [0, 0.1) is 5.92 Å². The molecule has 0 N–H and O–H groups in total. The van der Waals surface area contributed by atoms with Crippen LogP contribution in [0.2, 0.25) is 5.02 Å². The smallest absolute Gasteiger partial charge is 0.329 e. The van der Waals surface area contributed by atoms with Crippen molar-refractivity contribution in [2.45, 2.75) is 32.2 Å². The zero-order valence-electron chi connectivity index (χ0n) is 12.9. The average Bonchev–Trinajstić information content (AvgIpc) is 2.90. The molecule has 0 spiro atoms. The van der Waals surface area contributed by atoms with Crippen LogP contribution in [0.5, 0.6) is 0 Å². The summed E-state index contributed by atoms with van der Waals surface area (Å²) in [6.07, 6.45) is 0. The topological polar surface area (TPSA) is 46.6 Å². The van der Waals surface area contributed by atoms with Crippen LogP contribution in [-0.2, 0) is 14.3 Å². The van der Waals surface area contributed by atoms with Gasteiger partial charge < -0.3 is 9.64 Å². The lowest BCUT2D eigenvalue weighted by Crippen LogP contribution is -2.43. The highest BCUT2D eigenvalue weighted by atomic mass is 35.5. The van der Waals surface area contributed by atoms with Gasteiger partial charge in [0.2, 0.25) is 5.91 Å². The molecular formula is C16H20ClNO3S. The molecule has 1 aliphatic heterocycles. The van der Waals surface area contributed by atoms with Gasteiger partial charge in [0.05, 0.1) is 6.61 Å². The van der Waals surface area contributed by atoms with E-state index >= 15 is 0 Å². The van der Waals surface area contributed by atoms with Crippen LogP contribution in [0.4, 0.5) is 0 Å². The molecular weight excluding hydrogens is 322 g/mol. The molecule has 2 atom stereocenters. The van der Waals surface area contributed by atoms with E-state index in [0.29, 0.717) is 17.4 Å². The minimum absolute atomic E-state index is 0.151. The number of benzene rings is 1. The Kier molecular flexibility index (Phi) is 5.75. The first-order chi connectivity index (χ1) is 10.4. The molecule has 1 aromatic rings. The SMILES string of the molecule is CC(=O)N1C(C(=O)OCC(C)C)CSC1c1ccccc1Cl. The van der Waals surface area contributed by atoms with Crippen molar-refractivity contribution in [1.82, 2.24) is 4.90 Å². The summed E-state index contributed by atoms with van der Waals surface area (Å²) in [4.78, 5) is 25.9. The van der Waals surface area contributed by atoms with E-state index in [2.05, 4.69) is 0 Å². The Morgan fingerprint density at radius 1 is 1.41 bits per heavy atom. The zero-order valence-corrected chi connectivity index (χ0v) is 14.5. The molecule has 120 valence electrons. The number of rotatable bonds is 4. The number of thioether (sulfide) groups is 1. The van der Waals surface area contributed by atoms with Crippen molar-refractivity contribution in [1.29, 1.82) is 0 Å².